The van der Waals surface area contributed by atoms with E-state index in [2.05, 4.69) is 15.3 Å². The molecule has 0 spiro atoms. The highest BCUT2D eigenvalue weighted by molar-refractivity contribution is 5.88. The summed E-state index contributed by atoms with van der Waals surface area (Å²) in [5.74, 6) is 0.416. The number of morpholine rings is 1. The van der Waals surface area contributed by atoms with Crippen molar-refractivity contribution in [1.82, 2.24) is 14.9 Å². The predicted molar refractivity (Wildman–Crippen MR) is 88.9 cm³/mol. The first kappa shape index (κ1) is 17.1. The van der Waals surface area contributed by atoms with E-state index >= 15 is 0 Å². The number of ether oxygens (including phenoxy) is 2. The van der Waals surface area contributed by atoms with Gasteiger partial charge in [0.25, 0.3) is 0 Å². The van der Waals surface area contributed by atoms with E-state index in [1.54, 1.807) is 23.1 Å². The summed E-state index contributed by atoms with van der Waals surface area (Å²) in [4.78, 5) is 22.1. The van der Waals surface area contributed by atoms with Crippen molar-refractivity contribution in [3.63, 3.8) is 0 Å². The molecule has 1 aromatic heterocycles. The highest BCUT2D eigenvalue weighted by Crippen LogP contribution is 2.26. The molecular weight excluding hydrogens is 327 g/mol. The van der Waals surface area contributed by atoms with Crippen LogP contribution in [-0.4, -0.2) is 47.2 Å². The van der Waals surface area contributed by atoms with Crippen molar-refractivity contribution in [3.05, 3.63) is 48.0 Å². The molecule has 1 aromatic carbocycles. The number of rotatable bonds is 3. The summed E-state index contributed by atoms with van der Waals surface area (Å²) in [6.07, 6.45) is 0.863. The van der Waals surface area contributed by atoms with Gasteiger partial charge in [0, 0.05) is 12.6 Å². The average Bonchev–Trinajstić information content (AvgIpc) is 2.62. The Hall–Kier alpha value is -2.74. The number of aromatic nitrogens is 2. The second-order valence-corrected chi connectivity index (χ2v) is 5.77. The molecule has 3 rings (SSSR count). The van der Waals surface area contributed by atoms with E-state index in [0.29, 0.717) is 24.8 Å². The van der Waals surface area contributed by atoms with Gasteiger partial charge in [0.2, 0.25) is 5.88 Å². The van der Waals surface area contributed by atoms with Gasteiger partial charge in [-0.1, -0.05) is 12.1 Å². The molecule has 2 amide bonds. The molecule has 2 atom stereocenters. The number of methoxy groups -OCH3 is 1. The van der Waals surface area contributed by atoms with Crippen molar-refractivity contribution < 1.29 is 18.7 Å². The Morgan fingerprint density at radius 3 is 2.80 bits per heavy atom. The topological polar surface area (TPSA) is 76.6 Å². The van der Waals surface area contributed by atoms with E-state index in [-0.39, 0.29) is 24.1 Å². The van der Waals surface area contributed by atoms with Crippen LogP contribution in [0.2, 0.25) is 0 Å². The molecule has 2 aromatic rings. The lowest BCUT2D eigenvalue weighted by molar-refractivity contribution is -0.0642. The average molecular weight is 346 g/mol. The van der Waals surface area contributed by atoms with Gasteiger partial charge in [-0.3, -0.25) is 5.32 Å². The number of anilines is 1. The number of benzene rings is 1. The third-order valence-electron chi connectivity index (χ3n) is 3.88. The smallest absolute Gasteiger partial charge is 0.323 e. The summed E-state index contributed by atoms with van der Waals surface area (Å²) in [5.41, 5.74) is 0.828. The van der Waals surface area contributed by atoms with Crippen molar-refractivity contribution in [2.24, 2.45) is 0 Å². The molecule has 1 aliphatic rings. The molecule has 2 heterocycles. The Labute approximate surface area is 144 Å². The van der Waals surface area contributed by atoms with Crippen LogP contribution in [0.1, 0.15) is 18.6 Å². The lowest BCUT2D eigenvalue weighted by Crippen LogP contribution is -2.47. The molecule has 0 unspecified atom stereocenters. The maximum Gasteiger partial charge on any atom is 0.323 e. The molecular formula is C17H19FN4O3. The van der Waals surface area contributed by atoms with Gasteiger partial charge in [-0.2, -0.15) is 0 Å². The van der Waals surface area contributed by atoms with E-state index in [1.165, 1.54) is 25.6 Å². The number of carbonyl (C=O) groups excluding carboxylic acids is 1. The molecule has 0 bridgehead atoms. The van der Waals surface area contributed by atoms with Crippen LogP contribution in [-0.2, 0) is 4.74 Å². The van der Waals surface area contributed by atoms with Gasteiger partial charge in [0.05, 0.1) is 19.8 Å². The maximum atomic E-state index is 13.1. The zero-order valence-electron chi connectivity index (χ0n) is 14.0. The van der Waals surface area contributed by atoms with Crippen LogP contribution in [0.5, 0.6) is 5.88 Å². The summed E-state index contributed by atoms with van der Waals surface area (Å²) in [6, 6.07) is 7.36. The fourth-order valence-corrected chi connectivity index (χ4v) is 2.69. The molecule has 0 saturated carbocycles. The molecule has 0 radical (unpaired) electrons. The van der Waals surface area contributed by atoms with Gasteiger partial charge in [0.1, 0.15) is 24.1 Å². The Morgan fingerprint density at radius 2 is 2.08 bits per heavy atom. The summed E-state index contributed by atoms with van der Waals surface area (Å²) >= 11 is 0. The zero-order valence-corrected chi connectivity index (χ0v) is 14.0. The van der Waals surface area contributed by atoms with Crippen molar-refractivity contribution in [2.45, 2.75) is 19.1 Å². The molecule has 1 saturated heterocycles. The molecule has 132 valence electrons. The van der Waals surface area contributed by atoms with Crippen LogP contribution in [0.3, 0.4) is 0 Å². The normalized spacial score (nSPS) is 20.2. The van der Waals surface area contributed by atoms with E-state index < -0.39 is 0 Å². The Morgan fingerprint density at radius 1 is 1.32 bits per heavy atom. The standard InChI is InChI=1S/C17H19FN4O3/c1-11-8-22(9-14(25-11)12-3-5-13(18)6-4-12)17(23)21-15-7-16(24-2)20-10-19-15/h3-7,10-11,14H,8-9H2,1-2H3,(H,19,20,21,23)/t11-,14-/m1/s1. The van der Waals surface area contributed by atoms with E-state index in [4.69, 9.17) is 9.47 Å². The quantitative estimate of drug-likeness (QED) is 0.924. The third-order valence-corrected chi connectivity index (χ3v) is 3.88. The minimum absolute atomic E-state index is 0.144. The van der Waals surface area contributed by atoms with Crippen LogP contribution < -0.4 is 10.1 Å². The number of nitrogens with zero attached hydrogens (tertiary/aromatic N) is 3. The van der Waals surface area contributed by atoms with Gasteiger partial charge in [0.15, 0.2) is 0 Å². The first-order valence-corrected chi connectivity index (χ1v) is 7.88. The largest absolute Gasteiger partial charge is 0.481 e. The summed E-state index contributed by atoms with van der Waals surface area (Å²) in [6.45, 7) is 2.71. The van der Waals surface area contributed by atoms with Crippen molar-refractivity contribution in [3.8, 4) is 5.88 Å². The summed E-state index contributed by atoms with van der Waals surface area (Å²) < 4.78 is 24.0. The summed E-state index contributed by atoms with van der Waals surface area (Å²) in [7, 11) is 1.49. The lowest BCUT2D eigenvalue weighted by Gasteiger charge is -2.36. The van der Waals surface area contributed by atoms with Crippen molar-refractivity contribution in [1.29, 1.82) is 0 Å². The van der Waals surface area contributed by atoms with Crippen LogP contribution >= 0.6 is 0 Å². The number of hydrogen-bond acceptors (Lipinski definition) is 5. The minimum atomic E-state index is -0.310. The molecule has 1 fully saturated rings. The van der Waals surface area contributed by atoms with Gasteiger partial charge < -0.3 is 14.4 Å². The highest BCUT2D eigenvalue weighted by Gasteiger charge is 2.29. The molecule has 1 aliphatic heterocycles. The Bertz CT molecular complexity index is 741. The zero-order chi connectivity index (χ0) is 17.8. The summed E-state index contributed by atoms with van der Waals surface area (Å²) in [5, 5.41) is 2.73. The second kappa shape index (κ2) is 7.43. The number of urea groups is 1. The number of hydrogen-bond donors (Lipinski definition) is 1. The first-order valence-electron chi connectivity index (χ1n) is 7.88. The van der Waals surface area contributed by atoms with Crippen LogP contribution in [0.25, 0.3) is 0 Å². The van der Waals surface area contributed by atoms with E-state index in [1.807, 2.05) is 6.92 Å². The maximum absolute atomic E-state index is 13.1. The molecule has 1 N–H and O–H groups in total. The molecule has 0 aliphatic carbocycles. The van der Waals surface area contributed by atoms with Gasteiger partial charge in [-0.25, -0.2) is 19.2 Å². The number of carbonyl (C=O) groups is 1. The van der Waals surface area contributed by atoms with Gasteiger partial charge in [-0.05, 0) is 24.6 Å². The number of nitrogens with one attached hydrogen (secondary N) is 1. The molecule has 8 heteroatoms. The Balaban J connectivity index is 1.70. The second-order valence-electron chi connectivity index (χ2n) is 5.77. The monoisotopic (exact) mass is 346 g/mol. The van der Waals surface area contributed by atoms with Crippen LogP contribution in [0.15, 0.2) is 36.7 Å². The van der Waals surface area contributed by atoms with E-state index in [9.17, 15) is 9.18 Å². The lowest BCUT2D eigenvalue weighted by atomic mass is 10.1. The first-order chi connectivity index (χ1) is 12.0. The number of amides is 2. The van der Waals surface area contributed by atoms with Crippen molar-refractivity contribution >= 4 is 11.8 Å². The molecule has 7 nitrogen and oxygen atoms in total. The van der Waals surface area contributed by atoms with Gasteiger partial charge in [-0.15, -0.1) is 0 Å². The van der Waals surface area contributed by atoms with Crippen molar-refractivity contribution in [2.75, 3.05) is 25.5 Å². The third kappa shape index (κ3) is 4.21. The van der Waals surface area contributed by atoms with E-state index in [0.717, 1.165) is 5.56 Å². The fourth-order valence-electron chi connectivity index (χ4n) is 2.69. The fraction of sp³-hybridized carbons (Fsp3) is 0.353. The minimum Gasteiger partial charge on any atom is -0.481 e. The Kier molecular flexibility index (Phi) is 5.08. The highest BCUT2D eigenvalue weighted by atomic mass is 19.1. The molecule has 25 heavy (non-hydrogen) atoms. The van der Waals surface area contributed by atoms with Gasteiger partial charge >= 0.3 is 6.03 Å². The predicted octanol–water partition coefficient (Wildman–Crippen LogP) is 2.62. The number of halogens is 1. The van der Waals surface area contributed by atoms with Crippen LogP contribution in [0, 0.1) is 5.82 Å². The van der Waals surface area contributed by atoms with Crippen LogP contribution in [0.4, 0.5) is 15.0 Å². The SMILES string of the molecule is COc1cc(NC(=O)N2C[C@@H](C)O[C@@H](c3ccc(F)cc3)C2)ncn1.